The van der Waals surface area contributed by atoms with E-state index in [9.17, 15) is 5.11 Å². The van der Waals surface area contributed by atoms with Gasteiger partial charge in [0.15, 0.2) is 0 Å². The van der Waals surface area contributed by atoms with Crippen LogP contribution in [0.5, 0.6) is 5.75 Å². The molecule has 21 heavy (non-hydrogen) atoms. The lowest BCUT2D eigenvalue weighted by molar-refractivity contribution is -0.0617. The van der Waals surface area contributed by atoms with E-state index in [1.165, 1.54) is 12.8 Å². The van der Waals surface area contributed by atoms with Crippen molar-refractivity contribution in [2.75, 3.05) is 26.4 Å². The van der Waals surface area contributed by atoms with Crippen molar-refractivity contribution >= 4 is 0 Å². The first-order valence-electron chi connectivity index (χ1n) is 7.97. The minimum atomic E-state index is -0.623. The van der Waals surface area contributed by atoms with Gasteiger partial charge in [-0.2, -0.15) is 0 Å². The summed E-state index contributed by atoms with van der Waals surface area (Å²) < 4.78 is 11.2. The third kappa shape index (κ3) is 4.43. The molecular formula is C17H25NO3. The predicted octanol–water partition coefficient (Wildman–Crippen LogP) is 2.11. The molecule has 2 aliphatic rings. The van der Waals surface area contributed by atoms with Crippen molar-refractivity contribution in [3.8, 4) is 5.75 Å². The Morgan fingerprint density at radius 1 is 1.24 bits per heavy atom. The van der Waals surface area contributed by atoms with Gasteiger partial charge in [-0.05, 0) is 24.8 Å². The van der Waals surface area contributed by atoms with Crippen LogP contribution in [0.3, 0.4) is 0 Å². The second-order valence-electron chi connectivity index (χ2n) is 6.30. The summed E-state index contributed by atoms with van der Waals surface area (Å²) >= 11 is 0. The quantitative estimate of drug-likeness (QED) is 0.808. The second-order valence-corrected chi connectivity index (χ2v) is 6.30. The molecule has 0 bridgehead atoms. The summed E-state index contributed by atoms with van der Waals surface area (Å²) in [7, 11) is 0. The smallest absolute Gasteiger partial charge is 0.123 e. The molecule has 0 aromatic heterocycles. The lowest BCUT2D eigenvalue weighted by atomic mass is 9.94. The summed E-state index contributed by atoms with van der Waals surface area (Å²) in [6.07, 6.45) is 4.02. The summed E-state index contributed by atoms with van der Waals surface area (Å²) in [4.78, 5) is 0. The summed E-state index contributed by atoms with van der Waals surface area (Å²) in [5.74, 6) is 1.73. The topological polar surface area (TPSA) is 50.7 Å². The summed E-state index contributed by atoms with van der Waals surface area (Å²) in [5.41, 5.74) is 0.538. The van der Waals surface area contributed by atoms with E-state index < -0.39 is 5.60 Å². The fourth-order valence-corrected chi connectivity index (χ4v) is 2.64. The number of para-hydroxylation sites is 1. The van der Waals surface area contributed by atoms with Crippen LogP contribution in [0.1, 0.15) is 31.2 Å². The molecule has 0 atom stereocenters. The maximum atomic E-state index is 10.4. The molecule has 4 heteroatoms. The largest absolute Gasteiger partial charge is 0.493 e. The first kappa shape index (κ1) is 14.8. The van der Waals surface area contributed by atoms with Crippen molar-refractivity contribution in [1.82, 2.24) is 5.32 Å². The van der Waals surface area contributed by atoms with E-state index in [1.54, 1.807) is 0 Å². The predicted molar refractivity (Wildman–Crippen MR) is 81.4 cm³/mol. The van der Waals surface area contributed by atoms with Crippen molar-refractivity contribution in [3.63, 3.8) is 0 Å². The Labute approximate surface area is 126 Å². The summed E-state index contributed by atoms with van der Waals surface area (Å²) in [5, 5.41) is 13.8. The SMILES string of the molecule is OC1(CNCc2ccccc2OCC2CC2)CCOCC1. The molecule has 1 aromatic rings. The zero-order valence-electron chi connectivity index (χ0n) is 12.5. The Kier molecular flexibility index (Phi) is 4.78. The highest BCUT2D eigenvalue weighted by Gasteiger charge is 2.29. The standard InChI is InChI=1S/C17H25NO3/c19-17(7-9-20-10-8-17)13-18-11-15-3-1-2-4-16(15)21-12-14-5-6-14/h1-4,14,18-19H,5-13H2. The molecule has 0 unspecified atom stereocenters. The van der Waals surface area contributed by atoms with E-state index in [4.69, 9.17) is 9.47 Å². The molecule has 1 aromatic carbocycles. The summed E-state index contributed by atoms with van der Waals surface area (Å²) in [6.45, 7) is 3.47. The molecule has 1 aliphatic carbocycles. The zero-order valence-corrected chi connectivity index (χ0v) is 12.5. The van der Waals surface area contributed by atoms with E-state index in [-0.39, 0.29) is 0 Å². The number of aliphatic hydroxyl groups is 1. The third-order valence-electron chi connectivity index (χ3n) is 4.34. The van der Waals surface area contributed by atoms with Gasteiger partial charge < -0.3 is 19.9 Å². The van der Waals surface area contributed by atoms with Gasteiger partial charge in [0, 0.05) is 44.7 Å². The van der Waals surface area contributed by atoms with Gasteiger partial charge in [0.25, 0.3) is 0 Å². The minimum absolute atomic E-state index is 0.604. The molecule has 1 heterocycles. The van der Waals surface area contributed by atoms with E-state index >= 15 is 0 Å². The number of rotatable bonds is 7. The van der Waals surface area contributed by atoms with Crippen molar-refractivity contribution in [2.24, 2.45) is 5.92 Å². The minimum Gasteiger partial charge on any atom is -0.493 e. The van der Waals surface area contributed by atoms with Crippen LogP contribution in [0.2, 0.25) is 0 Å². The Morgan fingerprint density at radius 3 is 2.76 bits per heavy atom. The molecule has 2 fully saturated rings. The highest BCUT2D eigenvalue weighted by Crippen LogP contribution is 2.30. The Bertz CT molecular complexity index is 453. The third-order valence-corrected chi connectivity index (χ3v) is 4.34. The van der Waals surface area contributed by atoms with Gasteiger partial charge in [-0.3, -0.25) is 0 Å². The van der Waals surface area contributed by atoms with Gasteiger partial charge in [0.2, 0.25) is 0 Å². The van der Waals surface area contributed by atoms with Crippen molar-refractivity contribution in [2.45, 2.75) is 37.8 Å². The maximum absolute atomic E-state index is 10.4. The van der Waals surface area contributed by atoms with Gasteiger partial charge in [0.1, 0.15) is 5.75 Å². The van der Waals surface area contributed by atoms with Crippen LogP contribution in [0.25, 0.3) is 0 Å². The fraction of sp³-hybridized carbons (Fsp3) is 0.647. The highest BCUT2D eigenvalue weighted by atomic mass is 16.5. The van der Waals surface area contributed by atoms with Crippen molar-refractivity contribution in [3.05, 3.63) is 29.8 Å². The van der Waals surface area contributed by atoms with Gasteiger partial charge in [-0.15, -0.1) is 0 Å². The van der Waals surface area contributed by atoms with E-state index in [0.29, 0.717) is 32.6 Å². The molecule has 2 N–H and O–H groups in total. The van der Waals surface area contributed by atoms with Gasteiger partial charge in [0.05, 0.1) is 12.2 Å². The van der Waals surface area contributed by atoms with Gasteiger partial charge >= 0.3 is 0 Å². The number of hydrogen-bond donors (Lipinski definition) is 2. The second kappa shape index (κ2) is 6.77. The average molecular weight is 291 g/mol. The molecular weight excluding hydrogens is 266 g/mol. The van der Waals surface area contributed by atoms with Gasteiger partial charge in [-0.25, -0.2) is 0 Å². The average Bonchev–Trinajstić information content (AvgIpc) is 3.31. The number of nitrogens with one attached hydrogen (secondary N) is 1. The molecule has 116 valence electrons. The molecule has 1 aliphatic heterocycles. The number of ether oxygens (including phenoxy) is 2. The van der Waals surface area contributed by atoms with E-state index in [1.807, 2.05) is 18.2 Å². The molecule has 4 nitrogen and oxygen atoms in total. The Hall–Kier alpha value is -1.10. The normalized spacial score (nSPS) is 21.2. The lowest BCUT2D eigenvalue weighted by Crippen LogP contribution is -2.44. The molecule has 0 amide bonds. The monoisotopic (exact) mass is 291 g/mol. The molecule has 1 saturated heterocycles. The first-order valence-corrected chi connectivity index (χ1v) is 7.97. The molecule has 0 radical (unpaired) electrons. The molecule has 0 spiro atoms. The Balaban J connectivity index is 1.49. The van der Waals surface area contributed by atoms with Crippen LogP contribution in [0, 0.1) is 5.92 Å². The fourth-order valence-electron chi connectivity index (χ4n) is 2.64. The van der Waals surface area contributed by atoms with E-state index in [2.05, 4.69) is 11.4 Å². The van der Waals surface area contributed by atoms with Crippen molar-refractivity contribution < 1.29 is 14.6 Å². The summed E-state index contributed by atoms with van der Waals surface area (Å²) in [6, 6.07) is 8.16. The van der Waals surface area contributed by atoms with Crippen LogP contribution in [0.4, 0.5) is 0 Å². The lowest BCUT2D eigenvalue weighted by Gasteiger charge is -2.32. The van der Waals surface area contributed by atoms with Crippen LogP contribution in [0.15, 0.2) is 24.3 Å². The number of hydrogen-bond acceptors (Lipinski definition) is 4. The van der Waals surface area contributed by atoms with Crippen LogP contribution >= 0.6 is 0 Å². The van der Waals surface area contributed by atoms with Crippen LogP contribution < -0.4 is 10.1 Å². The van der Waals surface area contributed by atoms with E-state index in [0.717, 1.165) is 30.4 Å². The van der Waals surface area contributed by atoms with Crippen LogP contribution in [-0.2, 0) is 11.3 Å². The Morgan fingerprint density at radius 2 is 2.00 bits per heavy atom. The van der Waals surface area contributed by atoms with Crippen LogP contribution in [-0.4, -0.2) is 37.1 Å². The number of benzene rings is 1. The molecule has 1 saturated carbocycles. The molecule has 3 rings (SSSR count). The van der Waals surface area contributed by atoms with Gasteiger partial charge in [-0.1, -0.05) is 18.2 Å². The maximum Gasteiger partial charge on any atom is 0.123 e. The highest BCUT2D eigenvalue weighted by molar-refractivity contribution is 5.33. The first-order chi connectivity index (χ1) is 10.3. The zero-order chi connectivity index (χ0) is 14.5. The van der Waals surface area contributed by atoms with Crippen molar-refractivity contribution in [1.29, 1.82) is 0 Å².